The molecule has 3 rings (SSSR count). The van der Waals surface area contributed by atoms with E-state index in [2.05, 4.69) is 10.2 Å². The van der Waals surface area contributed by atoms with Crippen LogP contribution in [0.4, 0.5) is 4.79 Å². The van der Waals surface area contributed by atoms with Gasteiger partial charge < -0.3 is 4.90 Å². The number of rotatable bonds is 2. The molecule has 110 valence electrons. The van der Waals surface area contributed by atoms with E-state index in [1.807, 2.05) is 7.05 Å². The fourth-order valence-corrected chi connectivity index (χ4v) is 3.45. The molecule has 20 heavy (non-hydrogen) atoms. The Morgan fingerprint density at radius 3 is 2.55 bits per heavy atom. The Hall–Kier alpha value is -1.43. The van der Waals surface area contributed by atoms with Crippen LogP contribution in [0.15, 0.2) is 0 Å². The van der Waals surface area contributed by atoms with Crippen LogP contribution in [-0.2, 0) is 9.59 Å². The number of hydrogen-bond acceptors (Lipinski definition) is 4. The predicted octanol–water partition coefficient (Wildman–Crippen LogP) is 0.719. The monoisotopic (exact) mass is 279 g/mol. The Bertz CT molecular complexity index is 459. The number of urea groups is 1. The topological polar surface area (TPSA) is 69.7 Å². The summed E-state index contributed by atoms with van der Waals surface area (Å²) in [7, 11) is 2.03. The number of amides is 4. The molecule has 2 aliphatic heterocycles. The lowest BCUT2D eigenvalue weighted by Crippen LogP contribution is -2.67. The summed E-state index contributed by atoms with van der Waals surface area (Å²) in [5.74, 6) is -0.677. The van der Waals surface area contributed by atoms with Crippen molar-refractivity contribution in [3.8, 4) is 0 Å². The first-order chi connectivity index (χ1) is 9.54. The second-order valence-corrected chi connectivity index (χ2v) is 6.24. The van der Waals surface area contributed by atoms with Gasteiger partial charge in [-0.15, -0.1) is 0 Å². The normalized spacial score (nSPS) is 30.4. The fraction of sp³-hybridized carbons (Fsp3) is 0.786. The van der Waals surface area contributed by atoms with Crippen molar-refractivity contribution in [2.75, 3.05) is 20.1 Å². The van der Waals surface area contributed by atoms with Gasteiger partial charge in [0, 0.05) is 12.6 Å². The molecule has 2 saturated heterocycles. The molecular formula is C14H21N3O3. The summed E-state index contributed by atoms with van der Waals surface area (Å²) in [6.45, 7) is 1.40. The first kappa shape index (κ1) is 13.5. The van der Waals surface area contributed by atoms with Crippen LogP contribution in [0.5, 0.6) is 0 Å². The third-order valence-electron chi connectivity index (χ3n) is 5.08. The van der Waals surface area contributed by atoms with Gasteiger partial charge in [-0.2, -0.15) is 0 Å². The highest BCUT2D eigenvalue weighted by Gasteiger charge is 2.57. The van der Waals surface area contributed by atoms with Crippen LogP contribution in [0.3, 0.4) is 0 Å². The molecule has 1 unspecified atom stereocenters. The van der Waals surface area contributed by atoms with Crippen molar-refractivity contribution in [3.63, 3.8) is 0 Å². The largest absolute Gasteiger partial charge is 0.330 e. The molecule has 0 radical (unpaired) electrons. The quantitative estimate of drug-likeness (QED) is 0.756. The lowest BCUT2D eigenvalue weighted by molar-refractivity contribution is -0.158. The number of nitrogens with one attached hydrogen (secondary N) is 1. The van der Waals surface area contributed by atoms with Gasteiger partial charge in [-0.05, 0) is 39.3 Å². The third kappa shape index (κ3) is 1.93. The molecule has 3 aliphatic rings. The molecule has 1 spiro atoms. The summed E-state index contributed by atoms with van der Waals surface area (Å²) >= 11 is 0. The molecule has 6 nitrogen and oxygen atoms in total. The van der Waals surface area contributed by atoms with Crippen molar-refractivity contribution in [1.29, 1.82) is 0 Å². The number of nitrogens with zero attached hydrogens (tertiary/aromatic N) is 2. The van der Waals surface area contributed by atoms with Gasteiger partial charge in [0.15, 0.2) is 0 Å². The first-order valence-electron chi connectivity index (χ1n) is 7.42. The number of likely N-dealkylation sites (N-methyl/N-ethyl adjacent to an activating group) is 1. The third-order valence-corrected chi connectivity index (χ3v) is 5.08. The van der Waals surface area contributed by atoms with Crippen LogP contribution in [0.1, 0.15) is 38.5 Å². The highest BCUT2D eigenvalue weighted by atomic mass is 16.2. The Kier molecular flexibility index (Phi) is 3.28. The molecule has 1 N–H and O–H groups in total. The molecule has 6 heteroatoms. The van der Waals surface area contributed by atoms with Crippen molar-refractivity contribution in [2.45, 2.75) is 44.6 Å². The van der Waals surface area contributed by atoms with Crippen molar-refractivity contribution in [3.05, 3.63) is 0 Å². The summed E-state index contributed by atoms with van der Waals surface area (Å²) in [6, 6.07) is -0.333. The number of piperidine rings is 1. The summed E-state index contributed by atoms with van der Waals surface area (Å²) < 4.78 is 0. The molecule has 0 aromatic carbocycles. The molecule has 1 saturated carbocycles. The van der Waals surface area contributed by atoms with E-state index in [4.69, 9.17) is 0 Å². The molecule has 0 aromatic heterocycles. The second-order valence-electron chi connectivity index (χ2n) is 6.24. The summed E-state index contributed by atoms with van der Waals surface area (Å²) in [4.78, 5) is 39.9. The summed E-state index contributed by atoms with van der Waals surface area (Å²) in [5.41, 5.74) is -0.943. The van der Waals surface area contributed by atoms with E-state index in [1.165, 1.54) is 4.90 Å². The first-order valence-corrected chi connectivity index (χ1v) is 7.42. The van der Waals surface area contributed by atoms with E-state index in [-0.39, 0.29) is 11.9 Å². The van der Waals surface area contributed by atoms with Crippen LogP contribution >= 0.6 is 0 Å². The molecule has 4 amide bonds. The minimum atomic E-state index is -0.943. The van der Waals surface area contributed by atoms with Crippen LogP contribution in [-0.4, -0.2) is 53.8 Å². The van der Waals surface area contributed by atoms with Gasteiger partial charge in [-0.3, -0.25) is 19.8 Å². The average molecular weight is 279 g/mol. The minimum Gasteiger partial charge on any atom is -0.302 e. The number of carbonyl (C=O) groups excluding carboxylic acids is 3. The lowest BCUT2D eigenvalue weighted by atomic mass is 9.66. The standard InChI is InChI=1S/C14H21N3O3/c1-16-8-3-2-5-10(16)9-17-12(19)14(6-4-7-14)11(18)15-13(17)20/h10H,2-9H2,1H3,(H,15,18,20). The SMILES string of the molecule is CN1CCCCC1CN1C(=O)NC(=O)C2(CCC2)C1=O. The summed E-state index contributed by atoms with van der Waals surface area (Å²) in [5, 5.41) is 2.37. The molecule has 0 bridgehead atoms. The van der Waals surface area contributed by atoms with Gasteiger partial charge in [-0.25, -0.2) is 4.79 Å². The number of likely N-dealkylation sites (tertiary alicyclic amines) is 1. The van der Waals surface area contributed by atoms with Crippen molar-refractivity contribution >= 4 is 17.8 Å². The molecule has 0 aromatic rings. The number of hydrogen-bond donors (Lipinski definition) is 1. The Morgan fingerprint density at radius 2 is 1.95 bits per heavy atom. The minimum absolute atomic E-state index is 0.212. The smallest absolute Gasteiger partial charge is 0.302 e. The lowest BCUT2D eigenvalue weighted by Gasteiger charge is -2.46. The van der Waals surface area contributed by atoms with E-state index >= 15 is 0 Å². The molecule has 1 aliphatic carbocycles. The molecule has 3 fully saturated rings. The zero-order valence-electron chi connectivity index (χ0n) is 11.9. The second kappa shape index (κ2) is 4.84. The van der Waals surface area contributed by atoms with E-state index in [1.54, 1.807) is 0 Å². The van der Waals surface area contributed by atoms with E-state index in [0.717, 1.165) is 32.2 Å². The van der Waals surface area contributed by atoms with Crippen LogP contribution in [0, 0.1) is 5.41 Å². The van der Waals surface area contributed by atoms with Gasteiger partial charge in [0.1, 0.15) is 5.41 Å². The van der Waals surface area contributed by atoms with Gasteiger partial charge in [0.2, 0.25) is 11.8 Å². The molecule has 1 atom stereocenters. The van der Waals surface area contributed by atoms with Crippen LogP contribution in [0.25, 0.3) is 0 Å². The Labute approximate surface area is 118 Å². The number of barbiturate groups is 1. The number of imide groups is 2. The van der Waals surface area contributed by atoms with Crippen LogP contribution < -0.4 is 5.32 Å². The number of carbonyl (C=O) groups is 3. The zero-order chi connectivity index (χ0) is 14.3. The van der Waals surface area contributed by atoms with Crippen LogP contribution in [0.2, 0.25) is 0 Å². The van der Waals surface area contributed by atoms with Gasteiger partial charge in [0.25, 0.3) is 0 Å². The average Bonchev–Trinajstić information content (AvgIpc) is 2.34. The van der Waals surface area contributed by atoms with Gasteiger partial charge in [-0.1, -0.05) is 12.8 Å². The maximum absolute atomic E-state index is 12.6. The van der Waals surface area contributed by atoms with Gasteiger partial charge in [0.05, 0.1) is 0 Å². The highest BCUT2D eigenvalue weighted by Crippen LogP contribution is 2.44. The Morgan fingerprint density at radius 1 is 1.20 bits per heavy atom. The maximum Gasteiger partial charge on any atom is 0.330 e. The molecule has 2 heterocycles. The molecular weight excluding hydrogens is 258 g/mol. The Balaban J connectivity index is 1.76. The predicted molar refractivity (Wildman–Crippen MR) is 71.8 cm³/mol. The van der Waals surface area contributed by atoms with Crippen molar-refractivity contribution in [2.24, 2.45) is 5.41 Å². The van der Waals surface area contributed by atoms with E-state index in [9.17, 15) is 14.4 Å². The van der Waals surface area contributed by atoms with E-state index in [0.29, 0.717) is 19.4 Å². The van der Waals surface area contributed by atoms with Crippen molar-refractivity contribution in [1.82, 2.24) is 15.1 Å². The van der Waals surface area contributed by atoms with Gasteiger partial charge >= 0.3 is 6.03 Å². The summed E-state index contributed by atoms with van der Waals surface area (Å²) in [6.07, 6.45) is 5.31. The zero-order valence-corrected chi connectivity index (χ0v) is 11.9. The maximum atomic E-state index is 12.6. The van der Waals surface area contributed by atoms with Crippen molar-refractivity contribution < 1.29 is 14.4 Å². The highest BCUT2D eigenvalue weighted by molar-refractivity contribution is 6.19. The van der Waals surface area contributed by atoms with E-state index < -0.39 is 17.4 Å². The fourth-order valence-electron chi connectivity index (χ4n) is 3.45.